The third-order valence-corrected chi connectivity index (χ3v) is 4.76. The fourth-order valence-corrected chi connectivity index (χ4v) is 3.64. The van der Waals surface area contributed by atoms with Crippen LogP contribution in [-0.2, 0) is 0 Å². The summed E-state index contributed by atoms with van der Waals surface area (Å²) in [5.74, 6) is 0.953. The highest BCUT2D eigenvalue weighted by molar-refractivity contribution is 4.78. The topological polar surface area (TPSA) is 15.3 Å². The Kier molecular flexibility index (Phi) is 5.97. The van der Waals surface area contributed by atoms with Gasteiger partial charge in [0.2, 0.25) is 0 Å². The first-order valence-electron chi connectivity index (χ1n) is 8.22. The fourth-order valence-electron chi connectivity index (χ4n) is 3.64. The zero-order valence-electron chi connectivity index (χ0n) is 12.5. The predicted octanol–water partition coefficient (Wildman–Crippen LogP) is 3.42. The number of rotatable bonds is 4. The quantitative estimate of drug-likeness (QED) is 0.771. The molecule has 0 aromatic carbocycles. The van der Waals surface area contributed by atoms with Crippen molar-refractivity contribution >= 4 is 0 Å². The highest BCUT2D eigenvalue weighted by Crippen LogP contribution is 2.23. The van der Waals surface area contributed by atoms with Crippen LogP contribution in [0.5, 0.6) is 0 Å². The smallest absolute Gasteiger partial charge is 0.0169 e. The minimum absolute atomic E-state index is 0.668. The van der Waals surface area contributed by atoms with E-state index in [0.717, 1.165) is 12.0 Å². The second-order valence-electron chi connectivity index (χ2n) is 6.74. The van der Waals surface area contributed by atoms with Crippen LogP contribution in [0.4, 0.5) is 0 Å². The number of likely N-dealkylation sites (tertiary alicyclic amines) is 1. The maximum Gasteiger partial charge on any atom is 0.0169 e. The number of nitrogens with one attached hydrogen (secondary N) is 1. The molecule has 2 fully saturated rings. The van der Waals surface area contributed by atoms with Gasteiger partial charge in [0.25, 0.3) is 0 Å². The summed E-state index contributed by atoms with van der Waals surface area (Å²) in [6.07, 6.45) is 11.3. The van der Waals surface area contributed by atoms with Crippen LogP contribution in [0.1, 0.15) is 65.2 Å². The molecule has 0 aromatic heterocycles. The molecule has 1 saturated carbocycles. The van der Waals surface area contributed by atoms with Crippen molar-refractivity contribution in [2.45, 2.75) is 77.3 Å². The second-order valence-corrected chi connectivity index (χ2v) is 6.74. The van der Waals surface area contributed by atoms with E-state index >= 15 is 0 Å². The van der Waals surface area contributed by atoms with E-state index in [2.05, 4.69) is 24.1 Å². The maximum atomic E-state index is 3.88. The summed E-state index contributed by atoms with van der Waals surface area (Å²) in [5, 5.41) is 3.88. The van der Waals surface area contributed by atoms with Crippen molar-refractivity contribution in [2.75, 3.05) is 19.6 Å². The molecule has 1 N–H and O–H groups in total. The summed E-state index contributed by atoms with van der Waals surface area (Å²) in [6.45, 7) is 8.70. The third-order valence-electron chi connectivity index (χ3n) is 4.76. The molecule has 0 amide bonds. The van der Waals surface area contributed by atoms with Crippen LogP contribution < -0.4 is 5.32 Å². The van der Waals surface area contributed by atoms with Crippen LogP contribution in [0.2, 0.25) is 0 Å². The molecule has 0 aromatic rings. The van der Waals surface area contributed by atoms with Crippen LogP contribution in [0.25, 0.3) is 0 Å². The van der Waals surface area contributed by atoms with Crippen molar-refractivity contribution in [1.82, 2.24) is 10.2 Å². The highest BCUT2D eigenvalue weighted by atomic mass is 15.2. The van der Waals surface area contributed by atoms with Crippen LogP contribution >= 0.6 is 0 Å². The van der Waals surface area contributed by atoms with Gasteiger partial charge in [-0.3, -0.25) is 0 Å². The van der Waals surface area contributed by atoms with Gasteiger partial charge in [0.15, 0.2) is 0 Å². The van der Waals surface area contributed by atoms with Gasteiger partial charge in [-0.05, 0) is 58.0 Å². The van der Waals surface area contributed by atoms with Gasteiger partial charge in [0.1, 0.15) is 0 Å². The lowest BCUT2D eigenvalue weighted by Crippen LogP contribution is -2.45. The van der Waals surface area contributed by atoms with Gasteiger partial charge in [-0.25, -0.2) is 0 Å². The Hall–Kier alpha value is -0.0800. The number of hydrogen-bond donors (Lipinski definition) is 1. The molecule has 106 valence electrons. The average Bonchev–Trinajstić information content (AvgIpc) is 2.56. The molecule has 0 spiro atoms. The van der Waals surface area contributed by atoms with E-state index in [9.17, 15) is 0 Å². The Morgan fingerprint density at radius 3 is 2.56 bits per heavy atom. The molecule has 2 heteroatoms. The lowest BCUT2D eigenvalue weighted by Gasteiger charge is -2.31. The van der Waals surface area contributed by atoms with Gasteiger partial charge in [-0.15, -0.1) is 0 Å². The molecule has 1 heterocycles. The van der Waals surface area contributed by atoms with Crippen molar-refractivity contribution in [1.29, 1.82) is 0 Å². The molecule has 2 nitrogen and oxygen atoms in total. The molecule has 2 rings (SSSR count). The predicted molar refractivity (Wildman–Crippen MR) is 78.9 cm³/mol. The second kappa shape index (κ2) is 7.49. The Labute approximate surface area is 114 Å². The summed E-state index contributed by atoms with van der Waals surface area (Å²) in [4.78, 5) is 2.65. The third kappa shape index (κ3) is 4.89. The van der Waals surface area contributed by atoms with E-state index in [-0.39, 0.29) is 0 Å². The molecular weight excluding hydrogens is 220 g/mol. The molecule has 1 aliphatic heterocycles. The Morgan fingerprint density at radius 2 is 1.78 bits per heavy atom. The van der Waals surface area contributed by atoms with Crippen molar-refractivity contribution in [2.24, 2.45) is 5.92 Å². The van der Waals surface area contributed by atoms with Crippen molar-refractivity contribution in [3.63, 3.8) is 0 Å². The van der Waals surface area contributed by atoms with Crippen LogP contribution in [0, 0.1) is 5.92 Å². The molecule has 1 saturated heterocycles. The Bertz CT molecular complexity index is 223. The largest absolute Gasteiger partial charge is 0.310 e. The van der Waals surface area contributed by atoms with E-state index < -0.39 is 0 Å². The first kappa shape index (κ1) is 14.3. The number of piperidine rings is 1. The zero-order valence-corrected chi connectivity index (χ0v) is 12.5. The summed E-state index contributed by atoms with van der Waals surface area (Å²) in [5.41, 5.74) is 0. The first-order chi connectivity index (χ1) is 8.74. The first-order valence-corrected chi connectivity index (χ1v) is 8.22. The monoisotopic (exact) mass is 252 g/mol. The lowest BCUT2D eigenvalue weighted by molar-refractivity contribution is 0.202. The van der Waals surface area contributed by atoms with Gasteiger partial charge in [-0.2, -0.15) is 0 Å². The Morgan fingerprint density at radius 1 is 1.00 bits per heavy atom. The molecule has 2 aliphatic rings. The minimum atomic E-state index is 0.668. The van der Waals surface area contributed by atoms with Crippen LogP contribution in [0.15, 0.2) is 0 Å². The summed E-state index contributed by atoms with van der Waals surface area (Å²) in [7, 11) is 0. The fraction of sp³-hybridized carbons (Fsp3) is 1.00. The Balaban J connectivity index is 1.67. The molecule has 3 unspecified atom stereocenters. The average molecular weight is 252 g/mol. The maximum absolute atomic E-state index is 3.88. The summed E-state index contributed by atoms with van der Waals surface area (Å²) in [6, 6.07) is 1.45. The normalized spacial score (nSPS) is 33.0. The van der Waals surface area contributed by atoms with Gasteiger partial charge >= 0.3 is 0 Å². The van der Waals surface area contributed by atoms with E-state index in [1.54, 1.807) is 0 Å². The van der Waals surface area contributed by atoms with Crippen molar-refractivity contribution < 1.29 is 0 Å². The molecule has 18 heavy (non-hydrogen) atoms. The molecular formula is C16H32N2. The minimum Gasteiger partial charge on any atom is -0.310 e. The van der Waals surface area contributed by atoms with Crippen molar-refractivity contribution in [3.05, 3.63) is 0 Å². The van der Waals surface area contributed by atoms with Crippen LogP contribution in [-0.4, -0.2) is 36.6 Å². The summed E-state index contributed by atoms with van der Waals surface area (Å²) < 4.78 is 0. The van der Waals surface area contributed by atoms with E-state index in [1.165, 1.54) is 71.0 Å². The van der Waals surface area contributed by atoms with E-state index in [0.29, 0.717) is 6.04 Å². The lowest BCUT2D eigenvalue weighted by atomic mass is 10.0. The standard InChI is InChI=1S/C16H32N2/c1-14-7-6-8-16(10-9-14)17-15(2)13-18-11-4-3-5-12-18/h14-17H,3-13H2,1-2H3. The molecule has 1 aliphatic carbocycles. The number of nitrogens with zero attached hydrogens (tertiary/aromatic N) is 1. The highest BCUT2D eigenvalue weighted by Gasteiger charge is 2.19. The number of hydrogen-bond acceptors (Lipinski definition) is 2. The SMILES string of the molecule is CC1CCCC(NC(C)CN2CCCCC2)CC1. The molecule has 0 bridgehead atoms. The zero-order chi connectivity index (χ0) is 12.8. The van der Waals surface area contributed by atoms with Gasteiger partial charge in [0, 0.05) is 18.6 Å². The van der Waals surface area contributed by atoms with Gasteiger partial charge in [0.05, 0.1) is 0 Å². The van der Waals surface area contributed by atoms with Crippen LogP contribution in [0.3, 0.4) is 0 Å². The van der Waals surface area contributed by atoms with Gasteiger partial charge in [-0.1, -0.05) is 26.2 Å². The summed E-state index contributed by atoms with van der Waals surface area (Å²) >= 11 is 0. The van der Waals surface area contributed by atoms with Gasteiger partial charge < -0.3 is 10.2 Å². The molecule has 3 atom stereocenters. The van der Waals surface area contributed by atoms with E-state index in [4.69, 9.17) is 0 Å². The molecule has 0 radical (unpaired) electrons. The van der Waals surface area contributed by atoms with Crippen molar-refractivity contribution in [3.8, 4) is 0 Å². The van der Waals surface area contributed by atoms with E-state index in [1.807, 2.05) is 0 Å².